The Labute approximate surface area is 127 Å². The highest BCUT2D eigenvalue weighted by molar-refractivity contribution is 6.30. The molecule has 0 spiro atoms. The van der Waals surface area contributed by atoms with Gasteiger partial charge in [-0.25, -0.2) is 9.37 Å². The molecule has 0 unspecified atom stereocenters. The Morgan fingerprint density at radius 2 is 2.14 bits per heavy atom. The number of carbonyl (C=O) groups is 1. The third-order valence-electron chi connectivity index (χ3n) is 2.82. The Kier molecular flexibility index (Phi) is 5.11. The molecule has 2 aromatic rings. The topological polar surface area (TPSA) is 54.0 Å². The van der Waals surface area contributed by atoms with Crippen LogP contribution in [0.2, 0.25) is 5.02 Å². The highest BCUT2D eigenvalue weighted by Crippen LogP contribution is 2.16. The van der Waals surface area contributed by atoms with E-state index in [1.165, 1.54) is 12.1 Å². The van der Waals surface area contributed by atoms with Crippen LogP contribution in [0.15, 0.2) is 36.5 Å². The van der Waals surface area contributed by atoms with Crippen LogP contribution in [0.5, 0.6) is 0 Å². The van der Waals surface area contributed by atoms with E-state index in [-0.39, 0.29) is 17.5 Å². The lowest BCUT2D eigenvalue weighted by atomic mass is 10.2. The number of halogens is 2. The minimum atomic E-state index is -0.476. The Hall–Kier alpha value is -2.14. The summed E-state index contributed by atoms with van der Waals surface area (Å²) in [5, 5.41) is 5.84. The van der Waals surface area contributed by atoms with E-state index in [1.54, 1.807) is 24.4 Å². The fraction of sp³-hybridized carbons (Fsp3) is 0.200. The van der Waals surface area contributed by atoms with Gasteiger partial charge in [-0.2, -0.15) is 0 Å². The van der Waals surface area contributed by atoms with Gasteiger partial charge in [0, 0.05) is 24.8 Å². The highest BCUT2D eigenvalue weighted by Gasteiger charge is 2.07. The van der Waals surface area contributed by atoms with Crippen LogP contribution in [-0.4, -0.2) is 17.4 Å². The molecule has 2 N–H and O–H groups in total. The maximum atomic E-state index is 13.0. The largest absolute Gasteiger partial charge is 0.370 e. The second-order valence-electron chi connectivity index (χ2n) is 4.39. The van der Waals surface area contributed by atoms with Gasteiger partial charge in [-0.1, -0.05) is 17.7 Å². The van der Waals surface area contributed by atoms with Gasteiger partial charge in [-0.05, 0) is 36.8 Å². The fourth-order valence-electron chi connectivity index (χ4n) is 1.78. The molecular formula is C15H15ClFN3O. The summed E-state index contributed by atoms with van der Waals surface area (Å²) in [7, 11) is 0. The summed E-state index contributed by atoms with van der Waals surface area (Å²) >= 11 is 5.70. The molecule has 21 heavy (non-hydrogen) atoms. The average Bonchev–Trinajstić information content (AvgIpc) is 2.49. The van der Waals surface area contributed by atoms with E-state index < -0.39 is 5.82 Å². The van der Waals surface area contributed by atoms with E-state index in [4.69, 9.17) is 11.6 Å². The number of hydrogen-bond acceptors (Lipinski definition) is 3. The van der Waals surface area contributed by atoms with Crippen LogP contribution < -0.4 is 10.6 Å². The molecule has 1 aromatic carbocycles. The molecule has 0 saturated carbocycles. The molecule has 0 aliphatic rings. The van der Waals surface area contributed by atoms with Crippen molar-refractivity contribution in [3.63, 3.8) is 0 Å². The zero-order valence-electron chi connectivity index (χ0n) is 11.5. The van der Waals surface area contributed by atoms with Gasteiger partial charge in [-0.3, -0.25) is 4.79 Å². The van der Waals surface area contributed by atoms with Crippen LogP contribution in [-0.2, 0) is 6.54 Å². The van der Waals surface area contributed by atoms with Crippen LogP contribution >= 0.6 is 11.6 Å². The molecule has 110 valence electrons. The second-order valence-corrected chi connectivity index (χ2v) is 4.80. The van der Waals surface area contributed by atoms with Gasteiger partial charge in [0.15, 0.2) is 0 Å². The third-order valence-corrected chi connectivity index (χ3v) is 3.11. The van der Waals surface area contributed by atoms with Crippen molar-refractivity contribution in [2.24, 2.45) is 0 Å². The predicted molar refractivity (Wildman–Crippen MR) is 81.0 cm³/mol. The molecule has 4 nitrogen and oxygen atoms in total. The summed E-state index contributed by atoms with van der Waals surface area (Å²) in [5.74, 6) is -0.0527. The summed E-state index contributed by atoms with van der Waals surface area (Å²) in [4.78, 5) is 16.2. The SMILES string of the molecule is CCNc1cc(C(=O)NCc2ccc(F)c(Cl)c2)ccn1. The van der Waals surface area contributed by atoms with Crippen molar-refractivity contribution < 1.29 is 9.18 Å². The van der Waals surface area contributed by atoms with Crippen LogP contribution in [0.4, 0.5) is 10.2 Å². The summed E-state index contributed by atoms with van der Waals surface area (Å²) in [6, 6.07) is 7.66. The van der Waals surface area contributed by atoms with E-state index in [0.717, 1.165) is 12.1 Å². The van der Waals surface area contributed by atoms with Gasteiger partial charge < -0.3 is 10.6 Å². The maximum Gasteiger partial charge on any atom is 0.251 e. The highest BCUT2D eigenvalue weighted by atomic mass is 35.5. The molecule has 6 heteroatoms. The van der Waals surface area contributed by atoms with Gasteiger partial charge >= 0.3 is 0 Å². The van der Waals surface area contributed by atoms with Gasteiger partial charge in [0.05, 0.1) is 5.02 Å². The van der Waals surface area contributed by atoms with E-state index in [9.17, 15) is 9.18 Å². The lowest BCUT2D eigenvalue weighted by molar-refractivity contribution is 0.0951. The van der Waals surface area contributed by atoms with Crippen molar-refractivity contribution in [3.8, 4) is 0 Å². The standard InChI is InChI=1S/C15H15ClFN3O/c1-2-18-14-8-11(5-6-19-14)15(21)20-9-10-3-4-13(17)12(16)7-10/h3-8H,2,9H2,1H3,(H,18,19)(H,20,21). The van der Waals surface area contributed by atoms with Crippen molar-refractivity contribution in [1.29, 1.82) is 0 Å². The number of pyridine rings is 1. The normalized spacial score (nSPS) is 10.2. The zero-order valence-corrected chi connectivity index (χ0v) is 12.2. The first kappa shape index (κ1) is 15.3. The molecule has 0 aliphatic carbocycles. The first-order valence-corrected chi connectivity index (χ1v) is 6.90. The zero-order chi connectivity index (χ0) is 15.2. The molecule has 1 amide bonds. The molecule has 0 bridgehead atoms. The van der Waals surface area contributed by atoms with Crippen molar-refractivity contribution in [2.45, 2.75) is 13.5 Å². The smallest absolute Gasteiger partial charge is 0.251 e. The Bertz CT molecular complexity index is 649. The van der Waals surface area contributed by atoms with Crippen LogP contribution in [0.1, 0.15) is 22.8 Å². The lowest BCUT2D eigenvalue weighted by Gasteiger charge is -2.08. The lowest BCUT2D eigenvalue weighted by Crippen LogP contribution is -2.23. The fourth-order valence-corrected chi connectivity index (χ4v) is 1.99. The van der Waals surface area contributed by atoms with E-state index in [1.807, 2.05) is 6.92 Å². The molecule has 0 fully saturated rings. The number of nitrogens with one attached hydrogen (secondary N) is 2. The summed E-state index contributed by atoms with van der Waals surface area (Å²) in [6.45, 7) is 2.95. The average molecular weight is 308 g/mol. The molecule has 0 atom stereocenters. The van der Waals surface area contributed by atoms with Gasteiger partial charge in [0.25, 0.3) is 5.91 Å². The van der Waals surface area contributed by atoms with Crippen molar-refractivity contribution >= 4 is 23.3 Å². The van der Waals surface area contributed by atoms with Crippen LogP contribution in [0.3, 0.4) is 0 Å². The van der Waals surface area contributed by atoms with E-state index in [2.05, 4.69) is 15.6 Å². The number of rotatable bonds is 5. The monoisotopic (exact) mass is 307 g/mol. The number of carbonyl (C=O) groups excluding carboxylic acids is 1. The number of nitrogens with zero attached hydrogens (tertiary/aromatic N) is 1. The number of hydrogen-bond donors (Lipinski definition) is 2. The van der Waals surface area contributed by atoms with Crippen molar-refractivity contribution in [1.82, 2.24) is 10.3 Å². The van der Waals surface area contributed by atoms with Gasteiger partial charge in [0.1, 0.15) is 11.6 Å². The first-order valence-electron chi connectivity index (χ1n) is 6.52. The van der Waals surface area contributed by atoms with Crippen LogP contribution in [0.25, 0.3) is 0 Å². The summed E-state index contributed by atoms with van der Waals surface area (Å²) in [6.07, 6.45) is 1.57. The molecule has 1 heterocycles. The molecule has 2 rings (SSSR count). The number of aromatic nitrogens is 1. The summed E-state index contributed by atoms with van der Waals surface area (Å²) in [5.41, 5.74) is 1.24. The number of anilines is 1. The minimum Gasteiger partial charge on any atom is -0.370 e. The van der Waals surface area contributed by atoms with E-state index >= 15 is 0 Å². The molecule has 1 aromatic heterocycles. The van der Waals surface area contributed by atoms with Crippen LogP contribution in [0, 0.1) is 5.82 Å². The van der Waals surface area contributed by atoms with E-state index in [0.29, 0.717) is 11.4 Å². The maximum absolute atomic E-state index is 13.0. The minimum absolute atomic E-state index is 0.0418. The second kappa shape index (κ2) is 7.04. The molecule has 0 aliphatic heterocycles. The Morgan fingerprint density at radius 1 is 1.33 bits per heavy atom. The quantitative estimate of drug-likeness (QED) is 0.891. The van der Waals surface area contributed by atoms with Gasteiger partial charge in [-0.15, -0.1) is 0 Å². The van der Waals surface area contributed by atoms with Gasteiger partial charge in [0.2, 0.25) is 0 Å². The Balaban J connectivity index is 2.01. The predicted octanol–water partition coefficient (Wildman–Crippen LogP) is 3.24. The first-order chi connectivity index (χ1) is 10.1. The molecule has 0 saturated heterocycles. The molecular weight excluding hydrogens is 293 g/mol. The van der Waals surface area contributed by atoms with Crippen molar-refractivity contribution in [2.75, 3.05) is 11.9 Å². The summed E-state index contributed by atoms with van der Waals surface area (Å²) < 4.78 is 13.0. The third kappa shape index (κ3) is 4.16. The molecule has 0 radical (unpaired) electrons. The number of amides is 1. The number of benzene rings is 1. The van der Waals surface area contributed by atoms with Crippen molar-refractivity contribution in [3.05, 3.63) is 58.5 Å². The Morgan fingerprint density at radius 3 is 2.86 bits per heavy atom.